The Morgan fingerprint density at radius 2 is 1.17 bits per heavy atom. The van der Waals surface area contributed by atoms with E-state index in [0.29, 0.717) is 6.61 Å². The van der Waals surface area contributed by atoms with Gasteiger partial charge in [0.2, 0.25) is 0 Å². The predicted octanol–water partition coefficient (Wildman–Crippen LogP) is 11.3. The molecule has 0 bridgehead atoms. The van der Waals surface area contributed by atoms with Gasteiger partial charge < -0.3 is 9.47 Å². The molecule has 42 heavy (non-hydrogen) atoms. The van der Waals surface area contributed by atoms with Crippen LogP contribution in [-0.4, -0.2) is 12.6 Å². The van der Waals surface area contributed by atoms with Gasteiger partial charge in [-0.15, -0.1) is 0 Å². The van der Waals surface area contributed by atoms with Crippen molar-refractivity contribution in [2.75, 3.05) is 6.61 Å². The van der Waals surface area contributed by atoms with Crippen LogP contribution in [0.25, 0.3) is 11.1 Å². The van der Waals surface area contributed by atoms with Crippen molar-refractivity contribution in [1.29, 1.82) is 0 Å². The Morgan fingerprint density at radius 1 is 0.643 bits per heavy atom. The van der Waals surface area contributed by atoms with Gasteiger partial charge in [-0.05, 0) is 79.6 Å². The Bertz CT molecular complexity index is 1200. The van der Waals surface area contributed by atoms with Gasteiger partial charge >= 0.3 is 5.97 Å². The van der Waals surface area contributed by atoms with Crippen molar-refractivity contribution in [2.24, 2.45) is 0 Å². The Labute approximate surface area is 251 Å². The van der Waals surface area contributed by atoms with E-state index in [0.717, 1.165) is 29.4 Å². The largest absolute Gasteiger partial charge is 0.494 e. The van der Waals surface area contributed by atoms with Gasteiger partial charge in [0.1, 0.15) is 11.5 Å². The van der Waals surface area contributed by atoms with Crippen molar-refractivity contribution >= 4 is 5.97 Å². The Balaban J connectivity index is 1.24. The van der Waals surface area contributed by atoms with Gasteiger partial charge in [-0.3, -0.25) is 0 Å². The van der Waals surface area contributed by atoms with Crippen molar-refractivity contribution in [3.8, 4) is 22.6 Å². The monoisotopic (exact) mass is 576 g/mol. The van der Waals surface area contributed by atoms with E-state index in [1.807, 2.05) is 36.4 Å². The maximum Gasteiger partial charge on any atom is 0.346 e. The lowest BCUT2D eigenvalue weighted by Crippen LogP contribution is -2.11. The molecule has 0 aromatic heterocycles. The lowest BCUT2D eigenvalue weighted by molar-refractivity contribution is 0.0728. The molecule has 226 valence electrons. The van der Waals surface area contributed by atoms with Crippen molar-refractivity contribution < 1.29 is 23.0 Å². The van der Waals surface area contributed by atoms with E-state index in [9.17, 15) is 13.6 Å². The molecule has 3 rings (SSSR count). The Kier molecular flexibility index (Phi) is 15.4. The zero-order valence-electron chi connectivity index (χ0n) is 25.1. The van der Waals surface area contributed by atoms with E-state index in [1.165, 1.54) is 95.6 Å². The topological polar surface area (TPSA) is 35.5 Å². The zero-order chi connectivity index (χ0) is 29.8. The summed E-state index contributed by atoms with van der Waals surface area (Å²) in [7, 11) is 0. The summed E-state index contributed by atoms with van der Waals surface area (Å²) in [5.74, 6) is -2.15. The lowest BCUT2D eigenvalue weighted by atomic mass is 10.1. The molecule has 0 amide bonds. The maximum absolute atomic E-state index is 13.8. The van der Waals surface area contributed by atoms with Gasteiger partial charge in [0.15, 0.2) is 11.6 Å². The van der Waals surface area contributed by atoms with E-state index in [2.05, 4.69) is 19.1 Å². The third-order valence-electron chi connectivity index (χ3n) is 7.35. The number of benzene rings is 3. The van der Waals surface area contributed by atoms with Crippen LogP contribution >= 0.6 is 0 Å². The van der Waals surface area contributed by atoms with Crippen LogP contribution in [0.3, 0.4) is 0 Å². The summed E-state index contributed by atoms with van der Waals surface area (Å²) in [5, 5.41) is 0. The number of carbonyl (C=O) groups is 1. The van der Waals surface area contributed by atoms with Gasteiger partial charge in [0.25, 0.3) is 0 Å². The number of hydrogen-bond acceptors (Lipinski definition) is 3. The molecule has 0 aliphatic rings. The highest BCUT2D eigenvalue weighted by molar-refractivity contribution is 5.91. The van der Waals surface area contributed by atoms with Gasteiger partial charge in [0.05, 0.1) is 12.2 Å². The number of halogens is 2. The predicted molar refractivity (Wildman–Crippen MR) is 168 cm³/mol. The number of unbranched alkanes of at least 4 members (excludes halogenated alkanes) is 12. The molecule has 0 N–H and O–H groups in total. The SMILES string of the molecule is CCCCCCCC/C=C\CCCCCCCCOc1ccc(-c2ccc(OC(=O)c3cccc(F)c3F)cc2)cc1. The smallest absolute Gasteiger partial charge is 0.346 e. The van der Waals surface area contributed by atoms with Crippen LogP contribution < -0.4 is 9.47 Å². The number of allylic oxidation sites excluding steroid dienone is 2. The lowest BCUT2D eigenvalue weighted by Gasteiger charge is -2.09. The van der Waals surface area contributed by atoms with Crippen LogP contribution in [0.2, 0.25) is 0 Å². The molecule has 0 heterocycles. The molecule has 0 spiro atoms. The van der Waals surface area contributed by atoms with Crippen LogP contribution in [-0.2, 0) is 0 Å². The summed E-state index contributed by atoms with van der Waals surface area (Å²) >= 11 is 0. The number of ether oxygens (including phenoxy) is 2. The van der Waals surface area contributed by atoms with Gasteiger partial charge in [0, 0.05) is 0 Å². The molecule has 0 saturated heterocycles. The number of rotatable bonds is 20. The van der Waals surface area contributed by atoms with Gasteiger partial charge in [-0.2, -0.15) is 0 Å². The first-order valence-electron chi connectivity index (χ1n) is 15.7. The summed E-state index contributed by atoms with van der Waals surface area (Å²) in [6.45, 7) is 2.98. The Morgan fingerprint density at radius 3 is 1.76 bits per heavy atom. The molecule has 0 aliphatic carbocycles. The molecule has 0 radical (unpaired) electrons. The highest BCUT2D eigenvalue weighted by Gasteiger charge is 2.17. The van der Waals surface area contributed by atoms with E-state index in [4.69, 9.17) is 9.47 Å². The minimum absolute atomic E-state index is 0.253. The molecule has 3 aromatic carbocycles. The van der Waals surface area contributed by atoms with Crippen molar-refractivity contribution in [3.63, 3.8) is 0 Å². The van der Waals surface area contributed by atoms with Crippen LogP contribution in [0.4, 0.5) is 8.78 Å². The second kappa shape index (κ2) is 19.6. The molecule has 3 nitrogen and oxygen atoms in total. The minimum Gasteiger partial charge on any atom is -0.494 e. The quantitative estimate of drug-likeness (QED) is 0.0581. The molecule has 5 heteroatoms. The second-order valence-corrected chi connectivity index (χ2v) is 10.8. The fourth-order valence-electron chi connectivity index (χ4n) is 4.82. The molecule has 0 atom stereocenters. The zero-order valence-corrected chi connectivity index (χ0v) is 25.1. The van der Waals surface area contributed by atoms with Gasteiger partial charge in [-0.25, -0.2) is 13.6 Å². The number of carbonyl (C=O) groups excluding carboxylic acids is 1. The molecule has 0 unspecified atom stereocenters. The van der Waals surface area contributed by atoms with E-state index >= 15 is 0 Å². The maximum atomic E-state index is 13.8. The summed E-state index contributed by atoms with van der Waals surface area (Å²) in [4.78, 5) is 12.2. The molecule has 0 aliphatic heterocycles. The average Bonchev–Trinajstić information content (AvgIpc) is 3.01. The summed E-state index contributed by atoms with van der Waals surface area (Å²) < 4.78 is 38.3. The molecular weight excluding hydrogens is 530 g/mol. The molecular formula is C37H46F2O3. The van der Waals surface area contributed by atoms with Crippen molar-refractivity contribution in [3.05, 3.63) is 96.1 Å². The first-order valence-corrected chi connectivity index (χ1v) is 15.7. The summed E-state index contributed by atoms with van der Waals surface area (Å²) in [6.07, 6.45) is 22.8. The standard InChI is InChI=1S/C37H46F2O3/c1-2-3-4-5-6-7-8-9-10-11-12-13-14-15-16-17-29-41-32-25-21-30(22-26-32)31-23-27-33(28-24-31)42-37(40)34-19-18-20-35(38)36(34)39/h9-10,18-28H,2-8,11-17,29H2,1H3/b10-9-. The fourth-order valence-corrected chi connectivity index (χ4v) is 4.82. The first-order chi connectivity index (χ1) is 20.6. The Hall–Kier alpha value is -3.47. The minimum atomic E-state index is -1.21. The summed E-state index contributed by atoms with van der Waals surface area (Å²) in [5.41, 5.74) is 1.49. The highest BCUT2D eigenvalue weighted by Crippen LogP contribution is 2.25. The first kappa shape index (κ1) is 33.0. The molecule has 3 aromatic rings. The van der Waals surface area contributed by atoms with Crippen LogP contribution in [0.1, 0.15) is 107 Å². The van der Waals surface area contributed by atoms with Crippen LogP contribution in [0.15, 0.2) is 78.9 Å². The normalized spacial score (nSPS) is 11.2. The highest BCUT2D eigenvalue weighted by atomic mass is 19.2. The summed E-state index contributed by atoms with van der Waals surface area (Å²) in [6, 6.07) is 18.2. The van der Waals surface area contributed by atoms with Crippen LogP contribution in [0, 0.1) is 11.6 Å². The third kappa shape index (κ3) is 12.2. The van der Waals surface area contributed by atoms with E-state index in [1.54, 1.807) is 12.1 Å². The second-order valence-electron chi connectivity index (χ2n) is 10.8. The fraction of sp³-hybridized carbons (Fsp3) is 0.432. The van der Waals surface area contributed by atoms with Crippen molar-refractivity contribution in [2.45, 2.75) is 96.8 Å². The van der Waals surface area contributed by atoms with Gasteiger partial charge in [-0.1, -0.05) is 107 Å². The van der Waals surface area contributed by atoms with E-state index in [-0.39, 0.29) is 5.75 Å². The molecule has 0 saturated carbocycles. The van der Waals surface area contributed by atoms with E-state index < -0.39 is 23.2 Å². The van der Waals surface area contributed by atoms with Crippen molar-refractivity contribution in [1.82, 2.24) is 0 Å². The average molecular weight is 577 g/mol. The van der Waals surface area contributed by atoms with Crippen LogP contribution in [0.5, 0.6) is 11.5 Å². The third-order valence-corrected chi connectivity index (χ3v) is 7.35. The number of esters is 1. The molecule has 0 fully saturated rings. The number of hydrogen-bond donors (Lipinski definition) is 0.